The van der Waals surface area contributed by atoms with E-state index in [0.29, 0.717) is 5.56 Å². The first-order chi connectivity index (χ1) is 9.49. The number of nitro benzene ring substituents is 1. The average molecular weight is 268 g/mol. The molecule has 0 aliphatic rings. The van der Waals surface area contributed by atoms with E-state index < -0.39 is 4.92 Å². The Labute approximate surface area is 114 Å². The second-order valence-electron chi connectivity index (χ2n) is 4.81. The van der Waals surface area contributed by atoms with Crippen molar-refractivity contribution < 1.29 is 9.72 Å². The third-order valence-electron chi connectivity index (χ3n) is 3.61. The molecule has 0 saturated heterocycles. The molecule has 0 radical (unpaired) electrons. The predicted molar refractivity (Wildman–Crippen MR) is 77.1 cm³/mol. The van der Waals surface area contributed by atoms with Gasteiger partial charge in [0.15, 0.2) is 5.78 Å². The van der Waals surface area contributed by atoms with Crippen molar-refractivity contribution in [3.05, 3.63) is 52.1 Å². The minimum atomic E-state index is -0.410. The van der Waals surface area contributed by atoms with Crippen molar-refractivity contribution in [3.63, 3.8) is 0 Å². The SMILES string of the molecule is CC(=O)c1ccc2c(c1)c1cc([N+](=O)[O-])ccc1n2C. The first kappa shape index (κ1) is 12.3. The maximum Gasteiger partial charge on any atom is 0.270 e. The standard InChI is InChI=1S/C15H12N2O3/c1-9(18)10-3-5-14-12(7-10)13-8-11(17(19)20)4-6-15(13)16(14)2/h3-8H,1-2H3. The van der Waals surface area contributed by atoms with Crippen LogP contribution in [0.2, 0.25) is 0 Å². The molecule has 5 nitrogen and oxygen atoms in total. The van der Waals surface area contributed by atoms with E-state index in [1.165, 1.54) is 13.0 Å². The molecule has 3 aromatic rings. The summed E-state index contributed by atoms with van der Waals surface area (Å²) in [6.45, 7) is 1.51. The number of nitro groups is 1. The smallest absolute Gasteiger partial charge is 0.270 e. The lowest BCUT2D eigenvalue weighted by Gasteiger charge is -1.98. The number of hydrogen-bond donors (Lipinski definition) is 0. The fourth-order valence-corrected chi connectivity index (χ4v) is 2.54. The molecular formula is C15H12N2O3. The van der Waals surface area contributed by atoms with Crippen LogP contribution in [0.1, 0.15) is 17.3 Å². The number of rotatable bonds is 2. The van der Waals surface area contributed by atoms with Crippen LogP contribution in [0.15, 0.2) is 36.4 Å². The summed E-state index contributed by atoms with van der Waals surface area (Å²) in [6.07, 6.45) is 0. The Morgan fingerprint density at radius 3 is 2.30 bits per heavy atom. The van der Waals surface area contributed by atoms with E-state index in [-0.39, 0.29) is 11.5 Å². The van der Waals surface area contributed by atoms with Gasteiger partial charge in [0.05, 0.1) is 4.92 Å². The molecule has 0 spiro atoms. The Balaban J connectivity index is 2.44. The molecule has 5 heteroatoms. The molecule has 0 aliphatic heterocycles. The quantitative estimate of drug-likeness (QED) is 0.406. The third kappa shape index (κ3) is 1.67. The molecule has 0 bridgehead atoms. The van der Waals surface area contributed by atoms with Crippen molar-refractivity contribution in [2.75, 3.05) is 0 Å². The van der Waals surface area contributed by atoms with Crippen LogP contribution < -0.4 is 0 Å². The van der Waals surface area contributed by atoms with Crippen molar-refractivity contribution >= 4 is 33.3 Å². The largest absolute Gasteiger partial charge is 0.344 e. The average Bonchev–Trinajstić information content (AvgIpc) is 2.71. The van der Waals surface area contributed by atoms with Crippen LogP contribution in [0, 0.1) is 10.1 Å². The summed E-state index contributed by atoms with van der Waals surface area (Å²) in [5.74, 6) is -0.0191. The van der Waals surface area contributed by atoms with Gasteiger partial charge in [-0.3, -0.25) is 14.9 Å². The first-order valence-electron chi connectivity index (χ1n) is 6.16. The third-order valence-corrected chi connectivity index (χ3v) is 3.61. The van der Waals surface area contributed by atoms with Crippen LogP contribution in [-0.4, -0.2) is 15.3 Å². The number of aromatic nitrogens is 1. The van der Waals surface area contributed by atoms with Crippen LogP contribution in [0.3, 0.4) is 0 Å². The topological polar surface area (TPSA) is 65.1 Å². The van der Waals surface area contributed by atoms with Gasteiger partial charge in [0.1, 0.15) is 0 Å². The minimum Gasteiger partial charge on any atom is -0.344 e. The zero-order chi connectivity index (χ0) is 14.4. The van der Waals surface area contributed by atoms with Gasteiger partial charge in [0.25, 0.3) is 5.69 Å². The molecule has 0 unspecified atom stereocenters. The Morgan fingerprint density at radius 2 is 1.70 bits per heavy atom. The Hall–Kier alpha value is -2.69. The van der Waals surface area contributed by atoms with Crippen LogP contribution in [0.4, 0.5) is 5.69 Å². The molecule has 0 amide bonds. The number of carbonyl (C=O) groups excluding carboxylic acids is 1. The molecule has 1 aromatic heterocycles. The summed E-state index contributed by atoms with van der Waals surface area (Å²) in [7, 11) is 1.91. The molecule has 100 valence electrons. The van der Waals surface area contributed by atoms with Crippen molar-refractivity contribution in [1.82, 2.24) is 4.57 Å². The highest BCUT2D eigenvalue weighted by Gasteiger charge is 2.14. The zero-order valence-electron chi connectivity index (χ0n) is 11.1. The summed E-state index contributed by atoms with van der Waals surface area (Å²) < 4.78 is 1.97. The van der Waals surface area contributed by atoms with Crippen LogP contribution >= 0.6 is 0 Å². The molecule has 3 rings (SSSR count). The van der Waals surface area contributed by atoms with E-state index in [0.717, 1.165) is 21.8 Å². The summed E-state index contributed by atoms with van der Waals surface area (Å²) in [5, 5.41) is 12.6. The summed E-state index contributed by atoms with van der Waals surface area (Å²) in [6, 6.07) is 10.2. The molecule has 0 saturated carbocycles. The van der Waals surface area contributed by atoms with Gasteiger partial charge in [0, 0.05) is 46.5 Å². The number of benzene rings is 2. The number of aryl methyl sites for hydroxylation is 1. The number of nitrogens with zero attached hydrogens (tertiary/aromatic N) is 2. The summed E-state index contributed by atoms with van der Waals surface area (Å²) in [5.41, 5.74) is 2.52. The second kappa shape index (κ2) is 4.16. The van der Waals surface area contributed by atoms with E-state index in [1.54, 1.807) is 24.3 Å². The maximum absolute atomic E-state index is 11.5. The lowest BCUT2D eigenvalue weighted by atomic mass is 10.1. The van der Waals surface area contributed by atoms with Crippen LogP contribution in [0.25, 0.3) is 21.8 Å². The van der Waals surface area contributed by atoms with E-state index in [2.05, 4.69) is 0 Å². The number of fused-ring (bicyclic) bond motifs is 3. The number of carbonyl (C=O) groups is 1. The van der Waals surface area contributed by atoms with E-state index in [9.17, 15) is 14.9 Å². The maximum atomic E-state index is 11.5. The molecule has 20 heavy (non-hydrogen) atoms. The number of non-ortho nitro benzene ring substituents is 1. The Bertz CT molecular complexity index is 806. The predicted octanol–water partition coefficient (Wildman–Crippen LogP) is 3.44. The van der Waals surface area contributed by atoms with E-state index >= 15 is 0 Å². The molecule has 2 aromatic carbocycles. The fourth-order valence-electron chi connectivity index (χ4n) is 2.54. The lowest BCUT2D eigenvalue weighted by Crippen LogP contribution is -1.91. The molecule has 1 heterocycles. The minimum absolute atomic E-state index is 0.0191. The molecule has 0 atom stereocenters. The number of ketones is 1. The summed E-state index contributed by atoms with van der Waals surface area (Å²) in [4.78, 5) is 22.0. The molecular weight excluding hydrogens is 256 g/mol. The highest BCUT2D eigenvalue weighted by atomic mass is 16.6. The highest BCUT2D eigenvalue weighted by molar-refractivity contribution is 6.11. The summed E-state index contributed by atoms with van der Waals surface area (Å²) >= 11 is 0. The van der Waals surface area contributed by atoms with E-state index in [4.69, 9.17) is 0 Å². The Morgan fingerprint density at radius 1 is 1.10 bits per heavy atom. The van der Waals surface area contributed by atoms with Gasteiger partial charge >= 0.3 is 0 Å². The van der Waals surface area contributed by atoms with Crippen molar-refractivity contribution in [1.29, 1.82) is 0 Å². The van der Waals surface area contributed by atoms with Gasteiger partial charge in [0.2, 0.25) is 0 Å². The van der Waals surface area contributed by atoms with Gasteiger partial charge in [-0.05, 0) is 31.2 Å². The van der Waals surface area contributed by atoms with Crippen molar-refractivity contribution in [2.24, 2.45) is 7.05 Å². The van der Waals surface area contributed by atoms with Gasteiger partial charge in [-0.15, -0.1) is 0 Å². The van der Waals surface area contributed by atoms with Gasteiger partial charge in [-0.25, -0.2) is 0 Å². The zero-order valence-corrected chi connectivity index (χ0v) is 11.1. The lowest BCUT2D eigenvalue weighted by molar-refractivity contribution is -0.384. The number of Topliss-reactive ketones (excluding diaryl/α,β-unsaturated/α-hetero) is 1. The van der Waals surface area contributed by atoms with Gasteiger partial charge in [-0.2, -0.15) is 0 Å². The fraction of sp³-hybridized carbons (Fsp3) is 0.133. The van der Waals surface area contributed by atoms with Crippen molar-refractivity contribution in [3.8, 4) is 0 Å². The van der Waals surface area contributed by atoms with E-state index in [1.807, 2.05) is 17.7 Å². The first-order valence-corrected chi connectivity index (χ1v) is 6.16. The van der Waals surface area contributed by atoms with Gasteiger partial charge in [-0.1, -0.05) is 0 Å². The van der Waals surface area contributed by atoms with Crippen LogP contribution in [-0.2, 0) is 7.05 Å². The highest BCUT2D eigenvalue weighted by Crippen LogP contribution is 2.31. The number of hydrogen-bond acceptors (Lipinski definition) is 3. The van der Waals surface area contributed by atoms with Crippen molar-refractivity contribution in [2.45, 2.75) is 6.92 Å². The monoisotopic (exact) mass is 268 g/mol. The van der Waals surface area contributed by atoms with Gasteiger partial charge < -0.3 is 4.57 Å². The van der Waals surface area contributed by atoms with Crippen LogP contribution in [0.5, 0.6) is 0 Å². The normalized spacial score (nSPS) is 11.1. The Kier molecular flexibility index (Phi) is 2.57. The molecule has 0 fully saturated rings. The molecule has 0 aliphatic carbocycles. The second-order valence-corrected chi connectivity index (χ2v) is 4.81. The molecule has 0 N–H and O–H groups in total.